The lowest BCUT2D eigenvalue weighted by atomic mass is 9.92. The normalized spacial score (nSPS) is 12.4. The number of aromatic hydroxyl groups is 1. The first-order chi connectivity index (χ1) is 7.60. The average molecular weight is 223 g/mol. The highest BCUT2D eigenvalue weighted by Crippen LogP contribution is 2.32. The Labute approximate surface area is 95.1 Å². The van der Waals surface area contributed by atoms with Crippen LogP contribution in [0.1, 0.15) is 44.6 Å². The van der Waals surface area contributed by atoms with Gasteiger partial charge in [0.05, 0.1) is 4.92 Å². The van der Waals surface area contributed by atoms with E-state index in [9.17, 15) is 15.2 Å². The van der Waals surface area contributed by atoms with Crippen LogP contribution in [0.4, 0.5) is 5.69 Å². The first-order valence-electron chi connectivity index (χ1n) is 5.57. The summed E-state index contributed by atoms with van der Waals surface area (Å²) >= 11 is 0. The van der Waals surface area contributed by atoms with Crippen LogP contribution in [-0.4, -0.2) is 10.0 Å². The van der Waals surface area contributed by atoms with Gasteiger partial charge in [-0.15, -0.1) is 0 Å². The monoisotopic (exact) mass is 223 g/mol. The zero-order valence-electron chi connectivity index (χ0n) is 9.64. The molecular weight excluding hydrogens is 206 g/mol. The molecule has 0 radical (unpaired) electrons. The van der Waals surface area contributed by atoms with E-state index in [1.807, 2.05) is 0 Å². The summed E-state index contributed by atoms with van der Waals surface area (Å²) in [6, 6.07) is 4.66. The van der Waals surface area contributed by atoms with E-state index in [4.69, 9.17) is 0 Å². The van der Waals surface area contributed by atoms with Crippen LogP contribution < -0.4 is 0 Å². The molecule has 88 valence electrons. The van der Waals surface area contributed by atoms with Crippen molar-refractivity contribution in [3.05, 3.63) is 33.9 Å². The van der Waals surface area contributed by atoms with Gasteiger partial charge in [-0.25, -0.2) is 0 Å². The fourth-order valence-corrected chi connectivity index (χ4v) is 1.90. The molecule has 0 fully saturated rings. The van der Waals surface area contributed by atoms with Crippen molar-refractivity contribution in [3.63, 3.8) is 0 Å². The molecule has 0 amide bonds. The summed E-state index contributed by atoms with van der Waals surface area (Å²) in [6.45, 7) is 4.16. The Morgan fingerprint density at radius 2 is 2.12 bits per heavy atom. The van der Waals surface area contributed by atoms with Crippen LogP contribution in [0, 0.1) is 10.1 Å². The van der Waals surface area contributed by atoms with E-state index in [1.165, 1.54) is 12.1 Å². The summed E-state index contributed by atoms with van der Waals surface area (Å²) in [5, 5.41) is 20.0. The molecule has 1 aromatic carbocycles. The van der Waals surface area contributed by atoms with Gasteiger partial charge in [-0.3, -0.25) is 10.1 Å². The summed E-state index contributed by atoms with van der Waals surface area (Å²) in [4.78, 5) is 10.1. The van der Waals surface area contributed by atoms with Gasteiger partial charge in [0.15, 0.2) is 5.75 Å². The molecule has 4 nitrogen and oxygen atoms in total. The minimum atomic E-state index is -0.544. The molecule has 1 aromatic rings. The topological polar surface area (TPSA) is 63.4 Å². The van der Waals surface area contributed by atoms with E-state index in [-0.39, 0.29) is 11.4 Å². The molecule has 16 heavy (non-hydrogen) atoms. The average Bonchev–Trinajstić information content (AvgIpc) is 2.26. The number of phenolic OH excluding ortho intramolecular Hbond substituents is 1. The predicted octanol–water partition coefficient (Wildman–Crippen LogP) is 3.59. The van der Waals surface area contributed by atoms with Gasteiger partial charge in [-0.05, 0) is 30.4 Å². The second kappa shape index (κ2) is 5.49. The molecular formula is C12H17NO3. The van der Waals surface area contributed by atoms with Crippen LogP contribution in [0.5, 0.6) is 5.75 Å². The fraction of sp³-hybridized carbons (Fsp3) is 0.500. The van der Waals surface area contributed by atoms with E-state index in [1.54, 1.807) is 6.07 Å². The number of rotatable bonds is 5. The maximum Gasteiger partial charge on any atom is 0.310 e. The molecule has 1 unspecified atom stereocenters. The van der Waals surface area contributed by atoms with Gasteiger partial charge < -0.3 is 5.11 Å². The van der Waals surface area contributed by atoms with Crippen LogP contribution in [0.3, 0.4) is 0 Å². The van der Waals surface area contributed by atoms with Gasteiger partial charge in [0.25, 0.3) is 0 Å². The minimum absolute atomic E-state index is 0.202. The Balaban J connectivity index is 3.05. The Kier molecular flexibility index (Phi) is 4.28. The molecule has 0 aromatic heterocycles. The molecule has 0 spiro atoms. The molecule has 0 saturated heterocycles. The summed E-state index contributed by atoms with van der Waals surface area (Å²) in [5.41, 5.74) is 0.737. The molecule has 1 N–H and O–H groups in total. The molecule has 0 aliphatic rings. The van der Waals surface area contributed by atoms with Crippen molar-refractivity contribution in [2.45, 2.75) is 39.0 Å². The number of nitrogens with zero attached hydrogens (tertiary/aromatic N) is 1. The number of hydrogen-bond donors (Lipinski definition) is 1. The van der Waals surface area contributed by atoms with Crippen LogP contribution in [-0.2, 0) is 0 Å². The first kappa shape index (κ1) is 12.5. The van der Waals surface area contributed by atoms with Gasteiger partial charge >= 0.3 is 5.69 Å². The van der Waals surface area contributed by atoms with Gasteiger partial charge in [0.1, 0.15) is 0 Å². The van der Waals surface area contributed by atoms with Crippen molar-refractivity contribution < 1.29 is 10.0 Å². The Hall–Kier alpha value is -1.58. The Morgan fingerprint density at radius 1 is 1.44 bits per heavy atom. The molecule has 1 rings (SSSR count). The second-order valence-corrected chi connectivity index (χ2v) is 3.90. The van der Waals surface area contributed by atoms with Crippen molar-refractivity contribution in [2.24, 2.45) is 0 Å². The maximum absolute atomic E-state index is 10.7. The van der Waals surface area contributed by atoms with E-state index in [0.717, 1.165) is 24.8 Å². The SMILES string of the molecule is CCCC(CC)c1ccc(O)c([N+](=O)[O-])c1. The molecule has 0 aliphatic carbocycles. The van der Waals surface area contributed by atoms with Crippen molar-refractivity contribution >= 4 is 5.69 Å². The van der Waals surface area contributed by atoms with Gasteiger partial charge in [-0.1, -0.05) is 26.3 Å². The highest BCUT2D eigenvalue weighted by atomic mass is 16.6. The summed E-state index contributed by atoms with van der Waals surface area (Å²) < 4.78 is 0. The third-order valence-corrected chi connectivity index (χ3v) is 2.80. The molecule has 0 bridgehead atoms. The summed E-state index contributed by atoms with van der Waals surface area (Å²) in [5.74, 6) is 0.0735. The largest absolute Gasteiger partial charge is 0.502 e. The van der Waals surface area contributed by atoms with E-state index in [2.05, 4.69) is 13.8 Å². The van der Waals surface area contributed by atoms with E-state index >= 15 is 0 Å². The third kappa shape index (κ3) is 2.72. The molecule has 0 heterocycles. The molecule has 4 heteroatoms. The zero-order valence-corrected chi connectivity index (χ0v) is 9.64. The van der Waals surface area contributed by atoms with Crippen LogP contribution in [0.25, 0.3) is 0 Å². The van der Waals surface area contributed by atoms with Crippen LogP contribution in [0.2, 0.25) is 0 Å². The van der Waals surface area contributed by atoms with Crippen LogP contribution >= 0.6 is 0 Å². The second-order valence-electron chi connectivity index (χ2n) is 3.90. The summed E-state index contributed by atoms with van der Waals surface area (Å²) in [7, 11) is 0. The maximum atomic E-state index is 10.7. The van der Waals surface area contributed by atoms with Gasteiger partial charge in [-0.2, -0.15) is 0 Å². The lowest BCUT2D eigenvalue weighted by Gasteiger charge is -2.14. The minimum Gasteiger partial charge on any atom is -0.502 e. The van der Waals surface area contributed by atoms with Crippen molar-refractivity contribution in [3.8, 4) is 5.75 Å². The number of benzene rings is 1. The lowest BCUT2D eigenvalue weighted by Crippen LogP contribution is -1.98. The Bertz CT molecular complexity index is 377. The summed E-state index contributed by atoms with van der Waals surface area (Å²) in [6.07, 6.45) is 3.02. The van der Waals surface area contributed by atoms with E-state index < -0.39 is 4.92 Å². The van der Waals surface area contributed by atoms with Crippen molar-refractivity contribution in [1.82, 2.24) is 0 Å². The van der Waals surface area contributed by atoms with Crippen LogP contribution in [0.15, 0.2) is 18.2 Å². The third-order valence-electron chi connectivity index (χ3n) is 2.80. The fourth-order valence-electron chi connectivity index (χ4n) is 1.90. The van der Waals surface area contributed by atoms with E-state index in [0.29, 0.717) is 5.92 Å². The standard InChI is InChI=1S/C12H17NO3/c1-3-5-9(4-2)10-6-7-12(14)11(8-10)13(15)16/h6-9,14H,3-5H2,1-2H3. The Morgan fingerprint density at radius 3 is 2.62 bits per heavy atom. The molecule has 0 saturated carbocycles. The van der Waals surface area contributed by atoms with Crippen molar-refractivity contribution in [2.75, 3.05) is 0 Å². The molecule has 0 aliphatic heterocycles. The first-order valence-corrected chi connectivity index (χ1v) is 5.57. The zero-order chi connectivity index (χ0) is 12.1. The highest BCUT2D eigenvalue weighted by molar-refractivity contribution is 5.48. The molecule has 1 atom stereocenters. The van der Waals surface area contributed by atoms with Crippen molar-refractivity contribution in [1.29, 1.82) is 0 Å². The lowest BCUT2D eigenvalue weighted by molar-refractivity contribution is -0.385. The highest BCUT2D eigenvalue weighted by Gasteiger charge is 2.17. The van der Waals surface area contributed by atoms with Gasteiger partial charge in [0.2, 0.25) is 0 Å². The quantitative estimate of drug-likeness (QED) is 0.612. The number of nitro groups is 1. The number of hydrogen-bond acceptors (Lipinski definition) is 3. The van der Waals surface area contributed by atoms with Gasteiger partial charge in [0, 0.05) is 6.07 Å². The smallest absolute Gasteiger partial charge is 0.310 e. The number of phenols is 1. The predicted molar refractivity (Wildman–Crippen MR) is 62.7 cm³/mol. The number of nitro benzene ring substituents is 1.